The van der Waals surface area contributed by atoms with E-state index in [1.807, 2.05) is 51.1 Å². The van der Waals surface area contributed by atoms with E-state index in [2.05, 4.69) is 37.2 Å². The summed E-state index contributed by atoms with van der Waals surface area (Å²) < 4.78 is 13.4. The lowest BCUT2D eigenvalue weighted by atomic mass is 10.1. The Hall–Kier alpha value is -2.30. The van der Waals surface area contributed by atoms with Crippen molar-refractivity contribution in [2.45, 2.75) is 33.4 Å². The number of rotatable bonds is 8. The van der Waals surface area contributed by atoms with Crippen LogP contribution in [-0.2, 0) is 11.4 Å². The number of halogens is 2. The van der Waals surface area contributed by atoms with Crippen LogP contribution >= 0.6 is 31.9 Å². The Labute approximate surface area is 188 Å². The third-order valence-corrected chi connectivity index (χ3v) is 4.84. The quantitative estimate of drug-likeness (QED) is 0.361. The fourth-order valence-electron chi connectivity index (χ4n) is 2.47. The number of nitriles is 1. The van der Waals surface area contributed by atoms with Gasteiger partial charge in [-0.2, -0.15) is 5.26 Å². The molecule has 0 aliphatic rings. The first-order chi connectivity index (χ1) is 13.8. The molecule has 0 aliphatic heterocycles. The molecule has 0 radical (unpaired) electrons. The van der Waals surface area contributed by atoms with Crippen LogP contribution in [0.4, 0.5) is 0 Å². The SMILES string of the molecule is CCOc1cc(/C=C(/C#N)C(=O)NC(C)C)cc(Br)c1OCc1ccc(Br)cc1. The number of carbonyl (C=O) groups is 1. The number of ether oxygens (including phenoxy) is 2. The summed E-state index contributed by atoms with van der Waals surface area (Å²) in [6.07, 6.45) is 1.53. The van der Waals surface area contributed by atoms with Crippen molar-refractivity contribution < 1.29 is 14.3 Å². The minimum Gasteiger partial charge on any atom is -0.490 e. The Morgan fingerprint density at radius 3 is 2.48 bits per heavy atom. The van der Waals surface area contributed by atoms with Crippen LogP contribution in [0.1, 0.15) is 31.9 Å². The zero-order valence-corrected chi connectivity index (χ0v) is 19.6. The van der Waals surface area contributed by atoms with E-state index in [1.165, 1.54) is 6.08 Å². The first kappa shape index (κ1) is 23.0. The van der Waals surface area contributed by atoms with Gasteiger partial charge in [0.05, 0.1) is 11.1 Å². The first-order valence-corrected chi connectivity index (χ1v) is 10.7. The normalized spacial score (nSPS) is 11.1. The summed E-state index contributed by atoms with van der Waals surface area (Å²) >= 11 is 6.93. The topological polar surface area (TPSA) is 71.3 Å². The van der Waals surface area contributed by atoms with Crippen LogP contribution < -0.4 is 14.8 Å². The lowest BCUT2D eigenvalue weighted by molar-refractivity contribution is -0.117. The number of carbonyl (C=O) groups excluding carboxylic acids is 1. The fraction of sp³-hybridized carbons (Fsp3) is 0.273. The molecule has 0 heterocycles. The van der Waals surface area contributed by atoms with E-state index in [9.17, 15) is 10.1 Å². The second kappa shape index (κ2) is 11.0. The third kappa shape index (κ3) is 6.91. The summed E-state index contributed by atoms with van der Waals surface area (Å²) in [6, 6.07) is 13.3. The molecule has 1 N–H and O–H groups in total. The Morgan fingerprint density at radius 2 is 1.90 bits per heavy atom. The molecule has 0 aliphatic carbocycles. The van der Waals surface area contributed by atoms with E-state index < -0.39 is 5.91 Å². The predicted octanol–water partition coefficient (Wildman–Crippen LogP) is 5.62. The van der Waals surface area contributed by atoms with Crippen molar-refractivity contribution in [3.8, 4) is 17.6 Å². The monoisotopic (exact) mass is 520 g/mol. The van der Waals surface area contributed by atoms with Crippen molar-refractivity contribution in [1.29, 1.82) is 5.26 Å². The predicted molar refractivity (Wildman–Crippen MR) is 121 cm³/mol. The maximum Gasteiger partial charge on any atom is 0.262 e. The average molecular weight is 522 g/mol. The van der Waals surface area contributed by atoms with Crippen LogP contribution in [0.3, 0.4) is 0 Å². The average Bonchev–Trinajstić information content (AvgIpc) is 2.66. The molecule has 7 heteroatoms. The van der Waals surface area contributed by atoms with Crippen LogP contribution in [-0.4, -0.2) is 18.6 Å². The van der Waals surface area contributed by atoms with Gasteiger partial charge in [0.1, 0.15) is 18.2 Å². The van der Waals surface area contributed by atoms with Crippen molar-refractivity contribution in [3.63, 3.8) is 0 Å². The molecule has 2 aromatic rings. The van der Waals surface area contributed by atoms with Crippen molar-refractivity contribution in [1.82, 2.24) is 5.32 Å². The standard InChI is InChI=1S/C22H22Br2N2O3/c1-4-28-20-11-16(9-17(12-25)22(27)26-14(2)3)10-19(24)21(20)29-13-15-5-7-18(23)8-6-15/h5-11,14H,4,13H2,1-3H3,(H,26,27)/b17-9-. The van der Waals surface area contributed by atoms with Gasteiger partial charge in [0, 0.05) is 10.5 Å². The van der Waals surface area contributed by atoms with E-state index in [0.717, 1.165) is 10.0 Å². The molecule has 0 spiro atoms. The van der Waals surface area contributed by atoms with Gasteiger partial charge >= 0.3 is 0 Å². The number of benzene rings is 2. The van der Waals surface area contributed by atoms with E-state index in [-0.39, 0.29) is 11.6 Å². The van der Waals surface area contributed by atoms with E-state index in [0.29, 0.717) is 34.7 Å². The summed E-state index contributed by atoms with van der Waals surface area (Å²) in [5.74, 6) is 0.691. The lowest BCUT2D eigenvalue weighted by Gasteiger charge is -2.15. The van der Waals surface area contributed by atoms with Crippen molar-refractivity contribution in [3.05, 3.63) is 62.0 Å². The van der Waals surface area contributed by atoms with Gasteiger partial charge in [0.25, 0.3) is 5.91 Å². The highest BCUT2D eigenvalue weighted by Crippen LogP contribution is 2.38. The Bertz CT molecular complexity index is 932. The number of hydrogen-bond acceptors (Lipinski definition) is 4. The van der Waals surface area contributed by atoms with Crippen LogP contribution in [0.25, 0.3) is 6.08 Å². The van der Waals surface area contributed by atoms with Crippen molar-refractivity contribution in [2.24, 2.45) is 0 Å². The zero-order valence-electron chi connectivity index (χ0n) is 16.5. The van der Waals surface area contributed by atoms with Gasteiger partial charge in [-0.15, -0.1) is 0 Å². The van der Waals surface area contributed by atoms with Crippen LogP contribution in [0, 0.1) is 11.3 Å². The molecule has 0 saturated heterocycles. The molecule has 2 rings (SSSR count). The minimum atomic E-state index is -0.410. The first-order valence-electron chi connectivity index (χ1n) is 9.10. The zero-order chi connectivity index (χ0) is 21.4. The second-order valence-corrected chi connectivity index (χ2v) is 8.25. The maximum atomic E-state index is 12.2. The van der Waals surface area contributed by atoms with E-state index in [1.54, 1.807) is 12.1 Å². The Kier molecular flexibility index (Phi) is 8.74. The highest BCUT2D eigenvalue weighted by atomic mass is 79.9. The minimum absolute atomic E-state index is 0.0246. The van der Waals surface area contributed by atoms with Gasteiger partial charge in [-0.1, -0.05) is 28.1 Å². The molecule has 0 saturated carbocycles. The summed E-state index contributed by atoms with van der Waals surface area (Å²) in [7, 11) is 0. The van der Waals surface area contributed by atoms with E-state index in [4.69, 9.17) is 9.47 Å². The number of hydrogen-bond donors (Lipinski definition) is 1. The number of nitrogens with zero attached hydrogens (tertiary/aromatic N) is 1. The molecule has 0 fully saturated rings. The van der Waals surface area contributed by atoms with Crippen LogP contribution in [0.15, 0.2) is 50.9 Å². The summed E-state index contributed by atoms with van der Waals surface area (Å²) in [4.78, 5) is 12.2. The molecule has 152 valence electrons. The summed E-state index contributed by atoms with van der Waals surface area (Å²) in [5, 5.41) is 12.1. The van der Waals surface area contributed by atoms with Crippen molar-refractivity contribution in [2.75, 3.05) is 6.61 Å². The number of nitrogens with one attached hydrogen (secondary N) is 1. The lowest BCUT2D eigenvalue weighted by Crippen LogP contribution is -2.30. The molecular formula is C22H22Br2N2O3. The summed E-state index contributed by atoms with van der Waals surface area (Å²) in [5.41, 5.74) is 1.70. The molecule has 5 nitrogen and oxygen atoms in total. The van der Waals surface area contributed by atoms with Gasteiger partial charge in [-0.25, -0.2) is 0 Å². The molecule has 1 amide bonds. The smallest absolute Gasteiger partial charge is 0.262 e. The summed E-state index contributed by atoms with van der Waals surface area (Å²) in [6.45, 7) is 6.39. The number of amides is 1. The van der Waals surface area contributed by atoms with Gasteiger partial charge in [-0.05, 0) is 78.2 Å². The van der Waals surface area contributed by atoms with Crippen molar-refractivity contribution >= 4 is 43.8 Å². The molecule has 0 unspecified atom stereocenters. The van der Waals surface area contributed by atoms with Gasteiger partial charge in [0.15, 0.2) is 11.5 Å². The molecular weight excluding hydrogens is 500 g/mol. The van der Waals surface area contributed by atoms with Gasteiger partial charge in [-0.3, -0.25) is 4.79 Å². The Morgan fingerprint density at radius 1 is 1.21 bits per heavy atom. The molecule has 29 heavy (non-hydrogen) atoms. The van der Waals surface area contributed by atoms with Crippen LogP contribution in [0.2, 0.25) is 0 Å². The fourth-order valence-corrected chi connectivity index (χ4v) is 3.30. The van der Waals surface area contributed by atoms with E-state index >= 15 is 0 Å². The largest absolute Gasteiger partial charge is 0.490 e. The van der Waals surface area contributed by atoms with Gasteiger partial charge < -0.3 is 14.8 Å². The highest BCUT2D eigenvalue weighted by Gasteiger charge is 2.15. The molecule has 0 bridgehead atoms. The maximum absolute atomic E-state index is 12.2. The Balaban J connectivity index is 2.30. The molecule has 2 aromatic carbocycles. The third-order valence-electron chi connectivity index (χ3n) is 3.72. The molecule has 0 aromatic heterocycles. The molecule has 0 atom stereocenters. The second-order valence-electron chi connectivity index (χ2n) is 6.48. The van der Waals surface area contributed by atoms with Crippen LogP contribution in [0.5, 0.6) is 11.5 Å². The van der Waals surface area contributed by atoms with Gasteiger partial charge in [0.2, 0.25) is 0 Å². The highest BCUT2D eigenvalue weighted by molar-refractivity contribution is 9.10.